The number of oxazole rings is 1. The van der Waals surface area contributed by atoms with Gasteiger partial charge >= 0.3 is 0 Å². The largest absolute Gasteiger partial charge is 0.441 e. The van der Waals surface area contributed by atoms with Gasteiger partial charge in [-0.25, -0.2) is 13.4 Å². The van der Waals surface area contributed by atoms with Gasteiger partial charge in [-0.2, -0.15) is 0 Å². The lowest BCUT2D eigenvalue weighted by Crippen LogP contribution is -2.39. The lowest BCUT2D eigenvalue weighted by Gasteiger charge is -2.28. The van der Waals surface area contributed by atoms with Crippen LogP contribution in [0.2, 0.25) is 0 Å². The molecule has 0 saturated carbocycles. The summed E-state index contributed by atoms with van der Waals surface area (Å²) in [6.07, 6.45) is 0.740. The number of sulfone groups is 1. The second-order valence-electron chi connectivity index (χ2n) is 7.70. The summed E-state index contributed by atoms with van der Waals surface area (Å²) in [5, 5.41) is 0. The number of carbonyl (C=O) groups is 1. The van der Waals surface area contributed by atoms with E-state index in [4.69, 9.17) is 4.42 Å². The van der Waals surface area contributed by atoms with Crippen LogP contribution in [0.3, 0.4) is 0 Å². The van der Waals surface area contributed by atoms with Crippen molar-refractivity contribution in [3.8, 4) is 11.5 Å². The average Bonchev–Trinajstić information content (AvgIpc) is 3.06. The molecule has 1 aliphatic heterocycles. The van der Waals surface area contributed by atoms with Crippen molar-refractivity contribution in [1.82, 2.24) is 9.88 Å². The van der Waals surface area contributed by atoms with Gasteiger partial charge in [-0.05, 0) is 43.0 Å². The van der Waals surface area contributed by atoms with E-state index in [1.165, 1.54) is 5.56 Å². The van der Waals surface area contributed by atoms with Gasteiger partial charge in [-0.3, -0.25) is 4.79 Å². The molecule has 7 heteroatoms. The molecule has 2 aromatic carbocycles. The molecule has 2 heterocycles. The van der Waals surface area contributed by atoms with Crippen molar-refractivity contribution in [3.05, 3.63) is 76.7 Å². The van der Waals surface area contributed by atoms with Crippen molar-refractivity contribution < 1.29 is 17.6 Å². The number of carbonyl (C=O) groups excluding carboxylic acids is 1. The number of fused-ring (bicyclic) bond motifs is 1. The van der Waals surface area contributed by atoms with Gasteiger partial charge in [-0.1, -0.05) is 42.5 Å². The predicted molar refractivity (Wildman–Crippen MR) is 114 cm³/mol. The van der Waals surface area contributed by atoms with E-state index >= 15 is 0 Å². The molecular formula is C23H24N2O4S. The molecule has 0 aliphatic carbocycles. The zero-order valence-electron chi connectivity index (χ0n) is 17.1. The number of hydrogen-bond donors (Lipinski definition) is 0. The molecule has 1 amide bonds. The summed E-state index contributed by atoms with van der Waals surface area (Å²) in [7, 11) is -3.68. The van der Waals surface area contributed by atoms with Crippen LogP contribution in [0.15, 0.2) is 52.9 Å². The van der Waals surface area contributed by atoms with Crippen LogP contribution in [0.25, 0.3) is 11.5 Å². The summed E-state index contributed by atoms with van der Waals surface area (Å²) in [4.78, 5) is 18.7. The van der Waals surface area contributed by atoms with Gasteiger partial charge in [0.25, 0.3) is 0 Å². The highest BCUT2D eigenvalue weighted by Gasteiger charge is 2.27. The quantitative estimate of drug-likeness (QED) is 0.627. The van der Waals surface area contributed by atoms with Crippen molar-refractivity contribution in [2.24, 2.45) is 0 Å². The van der Waals surface area contributed by atoms with E-state index in [1.54, 1.807) is 11.8 Å². The molecule has 0 spiro atoms. The molecular weight excluding hydrogens is 400 g/mol. The first kappa shape index (κ1) is 20.3. The number of rotatable bonds is 5. The molecule has 30 heavy (non-hydrogen) atoms. The molecule has 0 unspecified atom stereocenters. The minimum Gasteiger partial charge on any atom is -0.441 e. The van der Waals surface area contributed by atoms with Crippen LogP contribution >= 0.6 is 0 Å². The second kappa shape index (κ2) is 8.07. The standard InChI is InChI=1S/C23H24N2O4S/c1-16-7-3-6-10-20(16)23-24-21(17(2)29-23)14-30(27,28)15-22(26)25-12-11-18-8-4-5-9-19(18)13-25/h3-10H,11-15H2,1-2H3. The Bertz CT molecular complexity index is 1200. The topological polar surface area (TPSA) is 80.5 Å². The molecule has 0 radical (unpaired) electrons. The van der Waals surface area contributed by atoms with E-state index in [2.05, 4.69) is 4.98 Å². The molecule has 1 aliphatic rings. The Labute approximate surface area is 176 Å². The zero-order chi connectivity index (χ0) is 21.3. The van der Waals surface area contributed by atoms with Crippen LogP contribution < -0.4 is 0 Å². The second-order valence-corrected chi connectivity index (χ2v) is 9.77. The van der Waals surface area contributed by atoms with Gasteiger partial charge in [0, 0.05) is 18.7 Å². The summed E-state index contributed by atoms with van der Waals surface area (Å²) in [5.41, 5.74) is 4.46. The molecule has 4 rings (SSSR count). The fourth-order valence-corrected chi connectivity index (χ4v) is 5.08. The SMILES string of the molecule is Cc1ccccc1-c1nc(CS(=O)(=O)CC(=O)N2CCc3ccccc3C2)c(C)o1. The predicted octanol–water partition coefficient (Wildman–Crippen LogP) is 3.46. The van der Waals surface area contributed by atoms with Crippen molar-refractivity contribution in [2.45, 2.75) is 32.6 Å². The van der Waals surface area contributed by atoms with Crippen molar-refractivity contribution >= 4 is 15.7 Å². The Hall–Kier alpha value is -2.93. The Balaban J connectivity index is 1.46. The molecule has 0 atom stereocenters. The van der Waals surface area contributed by atoms with Crippen molar-refractivity contribution in [1.29, 1.82) is 0 Å². The number of aryl methyl sites for hydroxylation is 2. The maximum Gasteiger partial charge on any atom is 0.238 e. The van der Waals surface area contributed by atoms with E-state index in [0.717, 1.165) is 23.1 Å². The van der Waals surface area contributed by atoms with Crippen molar-refractivity contribution in [2.75, 3.05) is 12.3 Å². The van der Waals surface area contributed by atoms with Gasteiger partial charge in [0.15, 0.2) is 9.84 Å². The van der Waals surface area contributed by atoms with Crippen LogP contribution in [0.5, 0.6) is 0 Å². The zero-order valence-corrected chi connectivity index (χ0v) is 17.9. The molecule has 0 bridgehead atoms. The molecule has 1 aromatic heterocycles. The molecule has 0 fully saturated rings. The highest BCUT2D eigenvalue weighted by Crippen LogP contribution is 2.26. The lowest BCUT2D eigenvalue weighted by molar-refractivity contribution is -0.129. The van der Waals surface area contributed by atoms with E-state index in [0.29, 0.717) is 30.4 Å². The Morgan fingerprint density at radius 2 is 1.77 bits per heavy atom. The van der Waals surface area contributed by atoms with Crippen LogP contribution in [-0.2, 0) is 33.4 Å². The average molecular weight is 425 g/mol. The minimum atomic E-state index is -3.68. The fraction of sp³-hybridized carbons (Fsp3) is 0.304. The van der Waals surface area contributed by atoms with Crippen LogP contribution in [0.1, 0.15) is 28.1 Å². The highest BCUT2D eigenvalue weighted by molar-refractivity contribution is 7.91. The minimum absolute atomic E-state index is 0.315. The Kier molecular flexibility index (Phi) is 5.47. The number of amides is 1. The van der Waals surface area contributed by atoms with Gasteiger partial charge in [0.05, 0.1) is 11.4 Å². The third-order valence-electron chi connectivity index (χ3n) is 5.45. The third-order valence-corrected chi connectivity index (χ3v) is 6.85. The first-order valence-electron chi connectivity index (χ1n) is 9.90. The maximum absolute atomic E-state index is 12.7. The van der Waals surface area contributed by atoms with E-state index in [9.17, 15) is 13.2 Å². The van der Waals surface area contributed by atoms with E-state index in [-0.39, 0.29) is 11.7 Å². The Morgan fingerprint density at radius 3 is 2.53 bits per heavy atom. The third kappa shape index (κ3) is 4.31. The van der Waals surface area contributed by atoms with Crippen molar-refractivity contribution in [3.63, 3.8) is 0 Å². The summed E-state index contributed by atoms with van der Waals surface area (Å²) in [5.74, 6) is -0.360. The van der Waals surface area contributed by atoms with Gasteiger partial charge in [-0.15, -0.1) is 0 Å². The summed E-state index contributed by atoms with van der Waals surface area (Å²) < 4.78 is 31.2. The first-order chi connectivity index (χ1) is 14.3. The molecule has 3 aromatic rings. The van der Waals surface area contributed by atoms with Crippen LogP contribution in [0, 0.1) is 13.8 Å². The number of nitrogens with zero attached hydrogens (tertiary/aromatic N) is 2. The lowest BCUT2D eigenvalue weighted by atomic mass is 10.00. The van der Waals surface area contributed by atoms with E-state index < -0.39 is 15.6 Å². The van der Waals surface area contributed by atoms with Crippen LogP contribution in [0.4, 0.5) is 0 Å². The van der Waals surface area contributed by atoms with E-state index in [1.807, 2.05) is 55.5 Å². The van der Waals surface area contributed by atoms with Crippen LogP contribution in [-0.4, -0.2) is 36.5 Å². The summed E-state index contributed by atoms with van der Waals surface area (Å²) in [6, 6.07) is 15.6. The monoisotopic (exact) mass is 424 g/mol. The highest BCUT2D eigenvalue weighted by atomic mass is 32.2. The van der Waals surface area contributed by atoms with Gasteiger partial charge in [0.1, 0.15) is 11.5 Å². The molecule has 156 valence electrons. The smallest absolute Gasteiger partial charge is 0.238 e. The summed E-state index contributed by atoms with van der Waals surface area (Å²) in [6.45, 7) is 4.63. The molecule has 6 nitrogen and oxygen atoms in total. The number of hydrogen-bond acceptors (Lipinski definition) is 5. The van der Waals surface area contributed by atoms with Gasteiger partial charge < -0.3 is 9.32 Å². The molecule has 0 N–H and O–H groups in total. The first-order valence-corrected chi connectivity index (χ1v) is 11.7. The number of benzene rings is 2. The fourth-order valence-electron chi connectivity index (χ4n) is 3.74. The molecule has 0 saturated heterocycles. The van der Waals surface area contributed by atoms with Gasteiger partial charge in [0.2, 0.25) is 11.8 Å². The maximum atomic E-state index is 12.7. The normalized spacial score (nSPS) is 13.9. The Morgan fingerprint density at radius 1 is 1.07 bits per heavy atom. The number of aromatic nitrogens is 1. The summed E-state index contributed by atoms with van der Waals surface area (Å²) >= 11 is 0.